The van der Waals surface area contributed by atoms with Crippen molar-refractivity contribution in [2.24, 2.45) is 5.92 Å². The Labute approximate surface area is 126 Å². The van der Waals surface area contributed by atoms with Gasteiger partial charge in [0.25, 0.3) is 0 Å². The van der Waals surface area contributed by atoms with Gasteiger partial charge in [-0.2, -0.15) is 0 Å². The van der Waals surface area contributed by atoms with Gasteiger partial charge in [-0.25, -0.2) is 4.39 Å². The molecule has 0 amide bonds. The molecule has 1 fully saturated rings. The zero-order valence-electron chi connectivity index (χ0n) is 12.5. The van der Waals surface area contributed by atoms with E-state index in [4.69, 9.17) is 11.6 Å². The molecule has 112 valence electrons. The number of hydrogen-bond donors (Lipinski definition) is 1. The quantitative estimate of drug-likeness (QED) is 0.793. The Balaban J connectivity index is 2.24. The van der Waals surface area contributed by atoms with E-state index in [0.717, 1.165) is 6.54 Å². The first-order valence-corrected chi connectivity index (χ1v) is 8.14. The van der Waals surface area contributed by atoms with E-state index in [1.165, 1.54) is 38.2 Å². The zero-order valence-corrected chi connectivity index (χ0v) is 13.2. The molecule has 0 heterocycles. The van der Waals surface area contributed by atoms with Crippen LogP contribution in [0.3, 0.4) is 0 Å². The lowest BCUT2D eigenvalue weighted by atomic mass is 9.76. The Hall–Kier alpha value is -0.600. The predicted octanol–water partition coefficient (Wildman–Crippen LogP) is 5.14. The fourth-order valence-electron chi connectivity index (χ4n) is 3.27. The summed E-state index contributed by atoms with van der Waals surface area (Å²) in [5.74, 6) is 0.578. The first-order chi connectivity index (χ1) is 9.59. The SMILES string of the molecule is CC(C)NCC(c1c(F)cccc1Cl)C1CCCCC1. The summed E-state index contributed by atoms with van der Waals surface area (Å²) in [6.07, 6.45) is 6.21. The molecule has 0 radical (unpaired) electrons. The van der Waals surface area contributed by atoms with E-state index in [2.05, 4.69) is 19.2 Å². The third kappa shape index (κ3) is 3.95. The van der Waals surface area contributed by atoms with Crippen LogP contribution in [0, 0.1) is 11.7 Å². The van der Waals surface area contributed by atoms with Crippen molar-refractivity contribution in [3.63, 3.8) is 0 Å². The second-order valence-corrected chi connectivity index (χ2v) is 6.61. The highest BCUT2D eigenvalue weighted by atomic mass is 35.5. The molecule has 2 rings (SSSR count). The maximum absolute atomic E-state index is 14.3. The molecule has 0 bridgehead atoms. The summed E-state index contributed by atoms with van der Waals surface area (Å²) in [6.45, 7) is 5.06. The molecule has 0 saturated heterocycles. The van der Waals surface area contributed by atoms with Crippen molar-refractivity contribution < 1.29 is 4.39 Å². The lowest BCUT2D eigenvalue weighted by Crippen LogP contribution is -2.32. The smallest absolute Gasteiger partial charge is 0.128 e. The second-order valence-electron chi connectivity index (χ2n) is 6.20. The standard InChI is InChI=1S/C17H25ClFN/c1-12(2)20-11-14(13-7-4-3-5-8-13)17-15(18)9-6-10-16(17)19/h6,9-10,12-14,20H,3-5,7-8,11H2,1-2H3. The van der Waals surface area contributed by atoms with Crippen LogP contribution in [0.2, 0.25) is 5.02 Å². The second kappa shape index (κ2) is 7.42. The van der Waals surface area contributed by atoms with Gasteiger partial charge in [-0.3, -0.25) is 0 Å². The fourth-order valence-corrected chi connectivity index (χ4v) is 3.57. The van der Waals surface area contributed by atoms with Crippen LogP contribution in [-0.4, -0.2) is 12.6 Å². The van der Waals surface area contributed by atoms with Crippen LogP contribution in [0.15, 0.2) is 18.2 Å². The lowest BCUT2D eigenvalue weighted by molar-refractivity contribution is 0.289. The molecule has 20 heavy (non-hydrogen) atoms. The van der Waals surface area contributed by atoms with Crippen molar-refractivity contribution in [3.05, 3.63) is 34.6 Å². The van der Waals surface area contributed by atoms with Gasteiger partial charge in [0.2, 0.25) is 0 Å². The van der Waals surface area contributed by atoms with Crippen LogP contribution in [0.5, 0.6) is 0 Å². The van der Waals surface area contributed by atoms with Crippen LogP contribution in [0.25, 0.3) is 0 Å². The van der Waals surface area contributed by atoms with E-state index in [1.54, 1.807) is 6.07 Å². The van der Waals surface area contributed by atoms with E-state index in [-0.39, 0.29) is 11.7 Å². The zero-order chi connectivity index (χ0) is 14.5. The summed E-state index contributed by atoms with van der Waals surface area (Å²) in [5, 5.41) is 4.05. The summed E-state index contributed by atoms with van der Waals surface area (Å²) in [6, 6.07) is 5.44. The normalized spacial score (nSPS) is 18.4. The predicted molar refractivity (Wildman–Crippen MR) is 83.9 cm³/mol. The van der Waals surface area contributed by atoms with Crippen molar-refractivity contribution in [1.82, 2.24) is 5.32 Å². The van der Waals surface area contributed by atoms with Crippen molar-refractivity contribution in [2.45, 2.75) is 57.9 Å². The molecule has 0 spiro atoms. The van der Waals surface area contributed by atoms with E-state index in [0.29, 0.717) is 22.5 Å². The highest BCUT2D eigenvalue weighted by Gasteiger charge is 2.28. The van der Waals surface area contributed by atoms with Crippen LogP contribution >= 0.6 is 11.6 Å². The molecule has 1 aliphatic carbocycles. The van der Waals surface area contributed by atoms with Gasteiger partial charge in [0.15, 0.2) is 0 Å². The minimum Gasteiger partial charge on any atom is -0.314 e. The molecule has 1 saturated carbocycles. The molecule has 1 unspecified atom stereocenters. The maximum atomic E-state index is 14.3. The van der Waals surface area contributed by atoms with Crippen molar-refractivity contribution in [3.8, 4) is 0 Å². The van der Waals surface area contributed by atoms with Gasteiger partial charge in [-0.05, 0) is 30.9 Å². The fraction of sp³-hybridized carbons (Fsp3) is 0.647. The summed E-state index contributed by atoms with van der Waals surface area (Å²) >= 11 is 6.29. The molecule has 0 aromatic heterocycles. The number of hydrogen-bond acceptors (Lipinski definition) is 1. The first kappa shape index (κ1) is 15.8. The largest absolute Gasteiger partial charge is 0.314 e. The highest BCUT2D eigenvalue weighted by molar-refractivity contribution is 6.31. The van der Waals surface area contributed by atoms with E-state index in [1.807, 2.05) is 6.07 Å². The van der Waals surface area contributed by atoms with Gasteiger partial charge in [0, 0.05) is 29.1 Å². The van der Waals surface area contributed by atoms with Gasteiger partial charge in [-0.1, -0.05) is 50.8 Å². The third-order valence-corrected chi connectivity index (χ3v) is 4.66. The number of nitrogens with one attached hydrogen (secondary N) is 1. The van der Waals surface area contributed by atoms with Gasteiger partial charge in [-0.15, -0.1) is 0 Å². The molecular formula is C17H25ClFN. The number of rotatable bonds is 5. The average molecular weight is 298 g/mol. The molecule has 1 atom stereocenters. The van der Waals surface area contributed by atoms with Crippen molar-refractivity contribution >= 4 is 11.6 Å². The van der Waals surface area contributed by atoms with Crippen molar-refractivity contribution in [2.75, 3.05) is 6.54 Å². The Kier molecular flexibility index (Phi) is 5.86. The Morgan fingerprint density at radius 1 is 1.25 bits per heavy atom. The lowest BCUT2D eigenvalue weighted by Gasteiger charge is -2.32. The van der Waals surface area contributed by atoms with Crippen LogP contribution in [0.1, 0.15) is 57.4 Å². The topological polar surface area (TPSA) is 12.0 Å². The molecule has 1 aromatic carbocycles. The van der Waals surface area contributed by atoms with Gasteiger partial charge >= 0.3 is 0 Å². The summed E-state index contributed by atoms with van der Waals surface area (Å²) in [4.78, 5) is 0. The van der Waals surface area contributed by atoms with E-state index >= 15 is 0 Å². The summed E-state index contributed by atoms with van der Waals surface area (Å²) < 4.78 is 14.3. The third-order valence-electron chi connectivity index (χ3n) is 4.34. The molecule has 0 aliphatic heterocycles. The van der Waals surface area contributed by atoms with Crippen molar-refractivity contribution in [1.29, 1.82) is 0 Å². The first-order valence-electron chi connectivity index (χ1n) is 7.77. The van der Waals surface area contributed by atoms with Gasteiger partial charge in [0.05, 0.1) is 0 Å². The molecule has 3 heteroatoms. The summed E-state index contributed by atoms with van der Waals surface area (Å²) in [7, 11) is 0. The Morgan fingerprint density at radius 2 is 1.95 bits per heavy atom. The molecule has 1 aliphatic rings. The molecule has 1 nitrogen and oxygen atoms in total. The minimum atomic E-state index is -0.154. The van der Waals surface area contributed by atoms with E-state index in [9.17, 15) is 4.39 Å². The van der Waals surface area contributed by atoms with Crippen LogP contribution < -0.4 is 5.32 Å². The Morgan fingerprint density at radius 3 is 2.55 bits per heavy atom. The number of halogens is 2. The highest BCUT2D eigenvalue weighted by Crippen LogP contribution is 2.39. The molecule has 1 aromatic rings. The van der Waals surface area contributed by atoms with E-state index < -0.39 is 0 Å². The number of benzene rings is 1. The average Bonchev–Trinajstić information content (AvgIpc) is 2.42. The van der Waals surface area contributed by atoms with Gasteiger partial charge < -0.3 is 5.32 Å². The minimum absolute atomic E-state index is 0.154. The molecule has 1 N–H and O–H groups in total. The van der Waals surface area contributed by atoms with Gasteiger partial charge in [0.1, 0.15) is 5.82 Å². The maximum Gasteiger partial charge on any atom is 0.128 e. The molecular weight excluding hydrogens is 273 g/mol. The summed E-state index contributed by atoms with van der Waals surface area (Å²) in [5.41, 5.74) is 0.717. The van der Waals surface area contributed by atoms with Crippen LogP contribution in [0.4, 0.5) is 4.39 Å². The van der Waals surface area contributed by atoms with Crippen LogP contribution in [-0.2, 0) is 0 Å². The Bertz CT molecular complexity index is 407. The monoisotopic (exact) mass is 297 g/mol.